The molecule has 0 spiro atoms. The van der Waals surface area contributed by atoms with Gasteiger partial charge < -0.3 is 0 Å². The topological polar surface area (TPSA) is 71.4 Å². The molecule has 6 heteroatoms. The van der Waals surface area contributed by atoms with E-state index in [1.54, 1.807) is 30.3 Å². The molecular formula is C20H14F3N3. The molecule has 0 heterocycles. The van der Waals surface area contributed by atoms with Crippen LogP contribution in [0.15, 0.2) is 52.6 Å². The average Bonchev–Trinajstić information content (AvgIpc) is 2.58. The van der Waals surface area contributed by atoms with Crippen LogP contribution in [0.4, 0.5) is 13.2 Å². The number of alkyl halides is 3. The van der Waals surface area contributed by atoms with Crippen LogP contribution in [0.1, 0.15) is 25.3 Å². The number of halogens is 3. The Balaban J connectivity index is 2.45. The Morgan fingerprint density at radius 2 is 1.69 bits per heavy atom. The van der Waals surface area contributed by atoms with E-state index in [4.69, 9.17) is 0 Å². The van der Waals surface area contributed by atoms with Crippen LogP contribution in [0.3, 0.4) is 0 Å². The summed E-state index contributed by atoms with van der Waals surface area (Å²) in [5.41, 5.74) is -2.56. The predicted molar refractivity (Wildman–Crippen MR) is 87.0 cm³/mol. The molecule has 1 aromatic carbocycles. The second-order valence-electron chi connectivity index (χ2n) is 6.59. The van der Waals surface area contributed by atoms with Gasteiger partial charge in [-0.15, -0.1) is 0 Å². The molecular weight excluding hydrogens is 339 g/mol. The van der Waals surface area contributed by atoms with Gasteiger partial charge in [0.1, 0.15) is 23.1 Å². The number of nitriles is 3. The highest BCUT2D eigenvalue weighted by Crippen LogP contribution is 2.65. The molecule has 26 heavy (non-hydrogen) atoms. The van der Waals surface area contributed by atoms with Crippen LogP contribution in [-0.2, 0) is 5.41 Å². The second kappa shape index (κ2) is 6.04. The van der Waals surface area contributed by atoms with Crippen molar-refractivity contribution in [1.29, 1.82) is 15.8 Å². The summed E-state index contributed by atoms with van der Waals surface area (Å²) in [6, 6.07) is 13.0. The van der Waals surface area contributed by atoms with Crippen LogP contribution in [0.25, 0.3) is 0 Å². The van der Waals surface area contributed by atoms with Crippen LogP contribution in [0, 0.1) is 45.8 Å². The quantitative estimate of drug-likeness (QED) is 0.686. The monoisotopic (exact) mass is 353 g/mol. The lowest BCUT2D eigenvalue weighted by Crippen LogP contribution is -2.58. The van der Waals surface area contributed by atoms with Crippen molar-refractivity contribution in [1.82, 2.24) is 0 Å². The molecule has 2 aliphatic carbocycles. The molecule has 1 saturated carbocycles. The van der Waals surface area contributed by atoms with Crippen molar-refractivity contribution in [2.75, 3.05) is 0 Å². The first kappa shape index (κ1) is 17.8. The number of rotatable bonds is 1. The second-order valence-corrected chi connectivity index (χ2v) is 6.59. The fourth-order valence-electron chi connectivity index (χ4n) is 4.54. The van der Waals surface area contributed by atoms with Gasteiger partial charge in [-0.3, -0.25) is 0 Å². The zero-order valence-electron chi connectivity index (χ0n) is 13.9. The fraction of sp³-hybridized carbons (Fsp3) is 0.350. The van der Waals surface area contributed by atoms with E-state index in [1.165, 1.54) is 19.1 Å². The van der Waals surface area contributed by atoms with Crippen LogP contribution in [0.5, 0.6) is 0 Å². The Bertz CT molecular complexity index is 920. The van der Waals surface area contributed by atoms with Gasteiger partial charge in [-0.05, 0) is 42.7 Å². The molecule has 1 fully saturated rings. The van der Waals surface area contributed by atoms with Crippen molar-refractivity contribution >= 4 is 0 Å². The lowest BCUT2D eigenvalue weighted by Gasteiger charge is -2.55. The summed E-state index contributed by atoms with van der Waals surface area (Å²) in [6.07, 6.45) is -3.85. The van der Waals surface area contributed by atoms with Gasteiger partial charge in [-0.1, -0.05) is 30.3 Å². The van der Waals surface area contributed by atoms with Crippen LogP contribution >= 0.6 is 0 Å². The number of hydrogen-bond acceptors (Lipinski definition) is 3. The average molecular weight is 353 g/mol. The molecule has 0 saturated heterocycles. The molecule has 0 aromatic heterocycles. The van der Waals surface area contributed by atoms with E-state index in [2.05, 4.69) is 0 Å². The van der Waals surface area contributed by atoms with Crippen LogP contribution < -0.4 is 0 Å². The first-order valence-electron chi connectivity index (χ1n) is 8.13. The largest absolute Gasteiger partial charge is 0.402 e. The maximum Gasteiger partial charge on any atom is 0.402 e. The summed E-state index contributed by atoms with van der Waals surface area (Å²) in [5, 5.41) is 28.1. The van der Waals surface area contributed by atoms with E-state index in [0.717, 1.165) is 0 Å². The molecule has 0 amide bonds. The smallest absolute Gasteiger partial charge is 0.192 e. The summed E-state index contributed by atoms with van der Waals surface area (Å²) in [7, 11) is 0. The summed E-state index contributed by atoms with van der Waals surface area (Å²) in [6.45, 7) is 1.31. The number of hydrogen-bond donors (Lipinski definition) is 0. The summed E-state index contributed by atoms with van der Waals surface area (Å²) in [4.78, 5) is 0. The molecule has 0 radical (unpaired) electrons. The molecule has 0 aliphatic heterocycles. The number of benzene rings is 1. The molecule has 3 atom stereocenters. The fourth-order valence-corrected chi connectivity index (χ4v) is 4.54. The van der Waals surface area contributed by atoms with E-state index in [-0.39, 0.29) is 27.9 Å². The highest BCUT2D eigenvalue weighted by Gasteiger charge is 2.68. The van der Waals surface area contributed by atoms with Crippen molar-refractivity contribution < 1.29 is 13.2 Å². The third-order valence-electron chi connectivity index (χ3n) is 5.72. The van der Waals surface area contributed by atoms with Crippen molar-refractivity contribution in [2.24, 2.45) is 11.8 Å². The molecule has 1 aromatic rings. The number of fused-ring (bicyclic) bond motifs is 1. The van der Waals surface area contributed by atoms with Gasteiger partial charge in [0.05, 0.1) is 11.6 Å². The van der Waals surface area contributed by atoms with Crippen molar-refractivity contribution in [3.63, 3.8) is 0 Å². The van der Waals surface area contributed by atoms with Gasteiger partial charge in [-0.25, -0.2) is 0 Å². The van der Waals surface area contributed by atoms with Gasteiger partial charge in [0.2, 0.25) is 0 Å². The first-order valence-corrected chi connectivity index (χ1v) is 8.13. The third kappa shape index (κ3) is 2.11. The van der Waals surface area contributed by atoms with Crippen LogP contribution in [-0.4, -0.2) is 6.18 Å². The highest BCUT2D eigenvalue weighted by atomic mass is 19.4. The van der Waals surface area contributed by atoms with Crippen molar-refractivity contribution in [3.05, 3.63) is 58.2 Å². The van der Waals surface area contributed by atoms with Crippen molar-refractivity contribution in [3.8, 4) is 18.2 Å². The summed E-state index contributed by atoms with van der Waals surface area (Å²) < 4.78 is 43.5. The Morgan fingerprint density at radius 3 is 2.12 bits per heavy atom. The molecule has 3 rings (SSSR count). The standard InChI is InChI=1S/C20H14F3N3/c1-12-16(11-26)18(13(9-24)10-25)15-7-8-17(15)19(12,20(21,22)23)14-5-3-2-4-6-14/h2-6,15,17H,7-8H2,1H3. The number of allylic oxidation sites excluding steroid dienone is 4. The van der Waals surface area contributed by atoms with E-state index in [9.17, 15) is 29.0 Å². The van der Waals surface area contributed by atoms with Gasteiger partial charge in [0.15, 0.2) is 0 Å². The molecule has 3 unspecified atom stereocenters. The van der Waals surface area contributed by atoms with Crippen LogP contribution in [0.2, 0.25) is 0 Å². The van der Waals surface area contributed by atoms with E-state index in [1.807, 2.05) is 6.07 Å². The Hall–Kier alpha value is -3.04. The first-order chi connectivity index (χ1) is 12.3. The van der Waals surface area contributed by atoms with Gasteiger partial charge >= 0.3 is 6.18 Å². The SMILES string of the molecule is CC1=C(C#N)C(=C(C#N)C#N)C2CCC2C1(c1ccccc1)C(F)(F)F. The third-order valence-corrected chi connectivity index (χ3v) is 5.72. The van der Waals surface area contributed by atoms with Gasteiger partial charge in [0, 0.05) is 5.57 Å². The van der Waals surface area contributed by atoms with Gasteiger partial charge in [-0.2, -0.15) is 29.0 Å². The highest BCUT2D eigenvalue weighted by molar-refractivity contribution is 5.63. The molecule has 130 valence electrons. The zero-order chi connectivity index (χ0) is 19.1. The maximum atomic E-state index is 14.5. The Labute approximate surface area is 149 Å². The predicted octanol–water partition coefficient (Wildman–Crippen LogP) is 4.71. The minimum absolute atomic E-state index is 0.0990. The van der Waals surface area contributed by atoms with Gasteiger partial charge in [0.25, 0.3) is 0 Å². The minimum atomic E-state index is -4.60. The lowest BCUT2D eigenvalue weighted by atomic mass is 9.47. The Kier molecular flexibility index (Phi) is 4.13. The molecule has 2 aliphatic rings. The minimum Gasteiger partial charge on any atom is -0.192 e. The zero-order valence-corrected chi connectivity index (χ0v) is 13.9. The molecule has 0 bridgehead atoms. The lowest BCUT2D eigenvalue weighted by molar-refractivity contribution is -0.209. The van der Waals surface area contributed by atoms with Crippen molar-refractivity contribution in [2.45, 2.75) is 31.4 Å². The summed E-state index contributed by atoms with van der Waals surface area (Å²) in [5.74, 6) is -1.45. The molecule has 0 N–H and O–H groups in total. The maximum absolute atomic E-state index is 14.5. The normalized spacial score (nSPS) is 27.5. The van der Waals surface area contributed by atoms with E-state index in [0.29, 0.717) is 12.8 Å². The molecule has 3 nitrogen and oxygen atoms in total. The van der Waals surface area contributed by atoms with E-state index >= 15 is 0 Å². The number of nitrogens with zero attached hydrogens (tertiary/aromatic N) is 3. The summed E-state index contributed by atoms with van der Waals surface area (Å²) >= 11 is 0. The Morgan fingerprint density at radius 1 is 1.08 bits per heavy atom. The van der Waals surface area contributed by atoms with E-state index < -0.39 is 23.4 Å².